The van der Waals surface area contributed by atoms with Crippen LogP contribution in [0, 0.1) is 0 Å². The minimum Gasteiger partial charge on any atom is -0.364 e. The monoisotopic (exact) mass is 221 g/mol. The minimum atomic E-state index is 0.405. The summed E-state index contributed by atoms with van der Waals surface area (Å²) in [7, 11) is 0. The summed E-state index contributed by atoms with van der Waals surface area (Å²) in [4.78, 5) is 2.50. The first kappa shape index (κ1) is 10.3. The fourth-order valence-electron chi connectivity index (χ4n) is 3.11. The van der Waals surface area contributed by atoms with Crippen LogP contribution in [0.15, 0.2) is 16.9 Å². The van der Waals surface area contributed by atoms with Crippen LogP contribution in [0.1, 0.15) is 31.4 Å². The third-order valence-corrected chi connectivity index (χ3v) is 3.89. The van der Waals surface area contributed by atoms with Crippen LogP contribution >= 0.6 is 0 Å². The summed E-state index contributed by atoms with van der Waals surface area (Å²) in [5, 5.41) is 7.71. The number of hydrogen-bond acceptors (Lipinski definition) is 4. The van der Waals surface area contributed by atoms with E-state index in [0.717, 1.165) is 25.3 Å². The summed E-state index contributed by atoms with van der Waals surface area (Å²) in [5.41, 5.74) is 1.46. The highest BCUT2D eigenvalue weighted by atomic mass is 16.5. The van der Waals surface area contributed by atoms with Gasteiger partial charge in [0.2, 0.25) is 0 Å². The van der Waals surface area contributed by atoms with Gasteiger partial charge in [0.15, 0.2) is 0 Å². The van der Waals surface area contributed by atoms with Crippen molar-refractivity contribution >= 4 is 0 Å². The van der Waals surface area contributed by atoms with Crippen molar-refractivity contribution in [2.45, 2.75) is 37.8 Å². The first-order valence-corrected chi connectivity index (χ1v) is 6.23. The van der Waals surface area contributed by atoms with E-state index in [1.54, 1.807) is 6.26 Å². The number of hydrogen-bond donors (Lipinski definition) is 1. The van der Waals surface area contributed by atoms with Crippen molar-refractivity contribution in [1.82, 2.24) is 15.4 Å². The largest absolute Gasteiger partial charge is 0.364 e. The Morgan fingerprint density at radius 3 is 3.06 bits per heavy atom. The maximum absolute atomic E-state index is 4.88. The number of aromatic nitrogens is 1. The highest BCUT2D eigenvalue weighted by Crippen LogP contribution is 2.32. The van der Waals surface area contributed by atoms with Gasteiger partial charge in [-0.05, 0) is 12.8 Å². The summed E-state index contributed by atoms with van der Waals surface area (Å²) >= 11 is 0. The van der Waals surface area contributed by atoms with Gasteiger partial charge in [-0.2, -0.15) is 0 Å². The lowest BCUT2D eigenvalue weighted by atomic mass is 9.94. The maximum atomic E-state index is 4.88. The third kappa shape index (κ3) is 1.99. The van der Waals surface area contributed by atoms with Crippen LogP contribution in [0.3, 0.4) is 0 Å². The van der Waals surface area contributed by atoms with Crippen molar-refractivity contribution in [2.75, 3.05) is 19.6 Å². The van der Waals surface area contributed by atoms with Gasteiger partial charge in [-0.15, -0.1) is 0 Å². The van der Waals surface area contributed by atoms with Crippen LogP contribution < -0.4 is 5.32 Å². The van der Waals surface area contributed by atoms with Gasteiger partial charge in [0.1, 0.15) is 6.26 Å². The van der Waals surface area contributed by atoms with Crippen LogP contribution in [0.25, 0.3) is 0 Å². The second-order valence-corrected chi connectivity index (χ2v) is 5.12. The van der Waals surface area contributed by atoms with Gasteiger partial charge >= 0.3 is 0 Å². The highest BCUT2D eigenvalue weighted by molar-refractivity contribution is 5.01. The maximum Gasteiger partial charge on any atom is 0.124 e. The third-order valence-electron chi connectivity index (χ3n) is 3.89. The van der Waals surface area contributed by atoms with Crippen molar-refractivity contribution < 1.29 is 4.52 Å². The first-order valence-electron chi connectivity index (χ1n) is 6.23. The van der Waals surface area contributed by atoms with Gasteiger partial charge in [0.05, 0.1) is 5.69 Å². The molecule has 0 bridgehead atoms. The predicted molar refractivity (Wildman–Crippen MR) is 61.0 cm³/mol. The lowest BCUT2D eigenvalue weighted by Crippen LogP contribution is -2.58. The minimum absolute atomic E-state index is 0.405. The Labute approximate surface area is 96.0 Å². The average molecular weight is 221 g/mol. The van der Waals surface area contributed by atoms with E-state index in [4.69, 9.17) is 4.52 Å². The standard InChI is InChI=1S/C12H19N3O/c1-2-5-12(4-1)10-15(7-6-13-12)9-11-3-8-16-14-11/h3,8,13H,1-2,4-7,9-10H2. The molecule has 1 spiro atoms. The van der Waals surface area contributed by atoms with E-state index >= 15 is 0 Å². The second-order valence-electron chi connectivity index (χ2n) is 5.12. The van der Waals surface area contributed by atoms with Gasteiger partial charge in [-0.1, -0.05) is 18.0 Å². The molecule has 4 nitrogen and oxygen atoms in total. The second kappa shape index (κ2) is 4.18. The van der Waals surface area contributed by atoms with Gasteiger partial charge < -0.3 is 9.84 Å². The molecule has 0 radical (unpaired) electrons. The molecule has 2 aliphatic rings. The molecule has 3 rings (SSSR count). The summed E-state index contributed by atoms with van der Waals surface area (Å²) in [6.45, 7) is 4.33. The molecule has 1 aliphatic heterocycles. The molecular weight excluding hydrogens is 202 g/mol. The van der Waals surface area contributed by atoms with E-state index < -0.39 is 0 Å². The van der Waals surface area contributed by atoms with Gasteiger partial charge in [0.25, 0.3) is 0 Å². The zero-order valence-electron chi connectivity index (χ0n) is 9.61. The molecule has 1 aromatic rings. The zero-order chi connectivity index (χ0) is 10.8. The molecule has 0 amide bonds. The normalized spacial score (nSPS) is 25.2. The van der Waals surface area contributed by atoms with E-state index in [9.17, 15) is 0 Å². The quantitative estimate of drug-likeness (QED) is 0.819. The molecule has 88 valence electrons. The molecule has 16 heavy (non-hydrogen) atoms. The van der Waals surface area contributed by atoms with Crippen molar-refractivity contribution in [3.8, 4) is 0 Å². The Balaban J connectivity index is 1.63. The van der Waals surface area contributed by atoms with Crippen LogP contribution in [-0.2, 0) is 6.54 Å². The van der Waals surface area contributed by atoms with E-state index in [1.165, 1.54) is 32.2 Å². The average Bonchev–Trinajstić information content (AvgIpc) is 2.91. The summed E-state index contributed by atoms with van der Waals surface area (Å²) < 4.78 is 4.88. The van der Waals surface area contributed by atoms with Crippen LogP contribution in [0.5, 0.6) is 0 Å². The first-order chi connectivity index (χ1) is 7.86. The lowest BCUT2D eigenvalue weighted by molar-refractivity contribution is 0.126. The summed E-state index contributed by atoms with van der Waals surface area (Å²) in [6, 6.07) is 1.96. The van der Waals surface area contributed by atoms with Crippen molar-refractivity contribution in [3.05, 3.63) is 18.0 Å². The molecule has 4 heteroatoms. The fraction of sp³-hybridized carbons (Fsp3) is 0.750. The Bertz CT molecular complexity index is 330. The number of nitrogens with one attached hydrogen (secondary N) is 1. The van der Waals surface area contributed by atoms with Gasteiger partial charge in [0, 0.05) is 37.8 Å². The topological polar surface area (TPSA) is 41.3 Å². The SMILES string of the molecule is c1cc(CN2CCNC3(CCCC3)C2)no1. The highest BCUT2D eigenvalue weighted by Gasteiger charge is 2.37. The Kier molecular flexibility index (Phi) is 2.69. The van der Waals surface area contributed by atoms with Crippen molar-refractivity contribution in [2.24, 2.45) is 0 Å². The fourth-order valence-corrected chi connectivity index (χ4v) is 3.11. The summed E-state index contributed by atoms with van der Waals surface area (Å²) in [6.07, 6.45) is 7.09. The Morgan fingerprint density at radius 2 is 2.31 bits per heavy atom. The molecule has 1 saturated heterocycles. The van der Waals surface area contributed by atoms with Crippen LogP contribution in [0.4, 0.5) is 0 Å². The number of nitrogens with zero attached hydrogens (tertiary/aromatic N) is 2. The Hall–Kier alpha value is -0.870. The zero-order valence-corrected chi connectivity index (χ0v) is 9.61. The number of piperazine rings is 1. The summed E-state index contributed by atoms with van der Waals surface area (Å²) in [5.74, 6) is 0. The smallest absolute Gasteiger partial charge is 0.124 e. The molecule has 1 aromatic heterocycles. The predicted octanol–water partition coefficient (Wildman–Crippen LogP) is 1.39. The molecule has 0 unspecified atom stereocenters. The molecule has 2 heterocycles. The van der Waals surface area contributed by atoms with Crippen molar-refractivity contribution in [3.63, 3.8) is 0 Å². The molecule has 1 aliphatic carbocycles. The molecule has 1 N–H and O–H groups in total. The van der Waals surface area contributed by atoms with Gasteiger partial charge in [-0.3, -0.25) is 4.90 Å². The molecule has 0 atom stereocenters. The Morgan fingerprint density at radius 1 is 1.44 bits per heavy atom. The van der Waals surface area contributed by atoms with E-state index in [-0.39, 0.29) is 0 Å². The van der Waals surface area contributed by atoms with E-state index in [0.29, 0.717) is 5.54 Å². The molecule has 2 fully saturated rings. The molecule has 0 aromatic carbocycles. The van der Waals surface area contributed by atoms with E-state index in [1.807, 2.05) is 6.07 Å². The molecule has 1 saturated carbocycles. The van der Waals surface area contributed by atoms with Crippen LogP contribution in [-0.4, -0.2) is 35.2 Å². The van der Waals surface area contributed by atoms with Gasteiger partial charge in [-0.25, -0.2) is 0 Å². The van der Waals surface area contributed by atoms with Crippen LogP contribution in [0.2, 0.25) is 0 Å². The van der Waals surface area contributed by atoms with Crippen molar-refractivity contribution in [1.29, 1.82) is 0 Å². The van der Waals surface area contributed by atoms with E-state index in [2.05, 4.69) is 15.4 Å². The molecular formula is C12H19N3O. The number of rotatable bonds is 2. The lowest BCUT2D eigenvalue weighted by Gasteiger charge is -2.41.